The van der Waals surface area contributed by atoms with Gasteiger partial charge in [0, 0.05) is 25.5 Å². The molecule has 0 bridgehead atoms. The normalized spacial score (nSPS) is 10.2. The molecule has 1 aromatic carbocycles. The van der Waals surface area contributed by atoms with Crippen molar-refractivity contribution in [1.82, 2.24) is 20.2 Å². The van der Waals surface area contributed by atoms with Crippen LogP contribution < -0.4 is 20.1 Å². The first-order valence-electron chi connectivity index (χ1n) is 8.06. The van der Waals surface area contributed by atoms with Crippen molar-refractivity contribution in [3.05, 3.63) is 60.0 Å². The van der Waals surface area contributed by atoms with Crippen LogP contribution in [0.3, 0.4) is 0 Å². The highest BCUT2D eigenvalue weighted by molar-refractivity contribution is 5.44. The van der Waals surface area contributed by atoms with Crippen LogP contribution in [0.2, 0.25) is 0 Å². The number of pyridine rings is 1. The number of anilines is 2. The van der Waals surface area contributed by atoms with Crippen molar-refractivity contribution in [2.45, 2.75) is 13.1 Å². The summed E-state index contributed by atoms with van der Waals surface area (Å²) in [5, 5.41) is 14.3. The van der Waals surface area contributed by atoms with Crippen molar-refractivity contribution >= 4 is 11.8 Å². The molecule has 0 aliphatic heterocycles. The first kappa shape index (κ1) is 17.4. The molecule has 2 aromatic heterocycles. The van der Waals surface area contributed by atoms with Crippen molar-refractivity contribution in [2.75, 3.05) is 24.9 Å². The predicted molar refractivity (Wildman–Crippen MR) is 98.3 cm³/mol. The molecule has 0 amide bonds. The average Bonchev–Trinajstić information content (AvgIpc) is 2.71. The number of benzene rings is 1. The summed E-state index contributed by atoms with van der Waals surface area (Å²) in [4.78, 5) is 8.40. The number of methoxy groups -OCH3 is 2. The Balaban J connectivity index is 1.60. The molecule has 0 unspecified atom stereocenters. The zero-order valence-electron chi connectivity index (χ0n) is 14.6. The minimum atomic E-state index is 0.458. The van der Waals surface area contributed by atoms with E-state index in [4.69, 9.17) is 9.47 Å². The maximum absolute atomic E-state index is 5.32. The molecule has 134 valence electrons. The van der Waals surface area contributed by atoms with E-state index < -0.39 is 0 Å². The van der Waals surface area contributed by atoms with Crippen LogP contribution in [0.5, 0.6) is 11.5 Å². The third-order valence-electron chi connectivity index (χ3n) is 3.68. The molecule has 0 aliphatic carbocycles. The summed E-state index contributed by atoms with van der Waals surface area (Å²) in [6.45, 7) is 1.17. The summed E-state index contributed by atoms with van der Waals surface area (Å²) < 4.78 is 10.6. The molecule has 26 heavy (non-hydrogen) atoms. The SMILES string of the molecule is COc1ccc(CNc2cnnc(NCc3ccncc3)n2)cc1OC. The van der Waals surface area contributed by atoms with Crippen LogP contribution in [-0.4, -0.2) is 34.4 Å². The van der Waals surface area contributed by atoms with Crippen LogP contribution in [0.4, 0.5) is 11.8 Å². The van der Waals surface area contributed by atoms with E-state index in [0.29, 0.717) is 36.4 Å². The molecule has 2 N–H and O–H groups in total. The van der Waals surface area contributed by atoms with Crippen molar-refractivity contribution < 1.29 is 9.47 Å². The summed E-state index contributed by atoms with van der Waals surface area (Å²) in [6.07, 6.45) is 5.08. The quantitative estimate of drug-likeness (QED) is 0.639. The lowest BCUT2D eigenvalue weighted by molar-refractivity contribution is 0.354. The molecular formula is C18H20N6O2. The van der Waals surface area contributed by atoms with Crippen LogP contribution in [0.25, 0.3) is 0 Å². The Labute approximate surface area is 151 Å². The molecule has 2 heterocycles. The Bertz CT molecular complexity index is 844. The van der Waals surface area contributed by atoms with Gasteiger partial charge in [-0.15, -0.1) is 5.10 Å². The molecular weight excluding hydrogens is 332 g/mol. The Morgan fingerprint density at radius 2 is 1.65 bits per heavy atom. The second kappa shape index (κ2) is 8.61. The van der Waals surface area contributed by atoms with Gasteiger partial charge in [-0.2, -0.15) is 10.1 Å². The van der Waals surface area contributed by atoms with Crippen molar-refractivity contribution in [3.8, 4) is 11.5 Å². The molecule has 0 aliphatic rings. The van der Waals surface area contributed by atoms with Crippen LogP contribution in [-0.2, 0) is 13.1 Å². The van der Waals surface area contributed by atoms with Gasteiger partial charge in [-0.05, 0) is 35.4 Å². The second-order valence-electron chi connectivity index (χ2n) is 5.42. The zero-order valence-corrected chi connectivity index (χ0v) is 14.6. The molecule has 0 saturated carbocycles. The smallest absolute Gasteiger partial charge is 0.244 e. The van der Waals surface area contributed by atoms with E-state index in [0.717, 1.165) is 11.1 Å². The molecule has 0 radical (unpaired) electrons. The van der Waals surface area contributed by atoms with E-state index >= 15 is 0 Å². The Kier molecular flexibility index (Phi) is 5.76. The van der Waals surface area contributed by atoms with Crippen LogP contribution in [0.1, 0.15) is 11.1 Å². The van der Waals surface area contributed by atoms with Crippen LogP contribution in [0, 0.1) is 0 Å². The lowest BCUT2D eigenvalue weighted by atomic mass is 10.2. The molecule has 0 fully saturated rings. The molecule has 0 saturated heterocycles. The second-order valence-corrected chi connectivity index (χ2v) is 5.42. The average molecular weight is 352 g/mol. The molecule has 8 heteroatoms. The van der Waals surface area contributed by atoms with E-state index in [2.05, 4.69) is 30.8 Å². The van der Waals surface area contributed by atoms with Gasteiger partial charge in [0.1, 0.15) is 0 Å². The highest BCUT2D eigenvalue weighted by Gasteiger charge is 2.05. The Morgan fingerprint density at radius 3 is 2.42 bits per heavy atom. The molecule has 3 aromatic rings. The number of rotatable bonds is 8. The summed E-state index contributed by atoms with van der Waals surface area (Å²) in [5.74, 6) is 2.47. The predicted octanol–water partition coefficient (Wildman–Crippen LogP) is 2.51. The fourth-order valence-corrected chi connectivity index (χ4v) is 2.33. The fourth-order valence-electron chi connectivity index (χ4n) is 2.33. The molecule has 3 rings (SSSR count). The maximum atomic E-state index is 5.32. The summed E-state index contributed by atoms with van der Waals surface area (Å²) in [5.41, 5.74) is 2.12. The highest BCUT2D eigenvalue weighted by Crippen LogP contribution is 2.27. The largest absolute Gasteiger partial charge is 0.493 e. The summed E-state index contributed by atoms with van der Waals surface area (Å²) in [7, 11) is 3.23. The van der Waals surface area contributed by atoms with Crippen LogP contribution >= 0.6 is 0 Å². The van der Waals surface area contributed by atoms with E-state index in [-0.39, 0.29) is 0 Å². The van der Waals surface area contributed by atoms with Crippen molar-refractivity contribution in [1.29, 1.82) is 0 Å². The van der Waals surface area contributed by atoms with Gasteiger partial charge in [-0.25, -0.2) is 0 Å². The van der Waals surface area contributed by atoms with E-state index in [1.165, 1.54) is 0 Å². The minimum Gasteiger partial charge on any atom is -0.493 e. The summed E-state index contributed by atoms with van der Waals surface area (Å²) >= 11 is 0. The van der Waals surface area contributed by atoms with Gasteiger partial charge < -0.3 is 20.1 Å². The lowest BCUT2D eigenvalue weighted by Gasteiger charge is -2.11. The minimum absolute atomic E-state index is 0.458. The summed E-state index contributed by atoms with van der Waals surface area (Å²) in [6, 6.07) is 9.61. The third-order valence-corrected chi connectivity index (χ3v) is 3.68. The van der Waals surface area contributed by atoms with E-state index in [1.54, 1.807) is 32.8 Å². The number of ether oxygens (including phenoxy) is 2. The van der Waals surface area contributed by atoms with Gasteiger partial charge in [0.25, 0.3) is 0 Å². The number of hydrogen-bond acceptors (Lipinski definition) is 8. The van der Waals surface area contributed by atoms with Gasteiger partial charge in [-0.1, -0.05) is 6.07 Å². The Hall–Kier alpha value is -3.42. The van der Waals surface area contributed by atoms with Gasteiger partial charge >= 0.3 is 0 Å². The fraction of sp³-hybridized carbons (Fsp3) is 0.222. The number of hydrogen-bond donors (Lipinski definition) is 2. The molecule has 0 spiro atoms. The van der Waals surface area contributed by atoms with Crippen molar-refractivity contribution in [2.24, 2.45) is 0 Å². The first-order valence-corrected chi connectivity index (χ1v) is 8.06. The number of aromatic nitrogens is 4. The Morgan fingerprint density at radius 1 is 0.885 bits per heavy atom. The molecule has 8 nitrogen and oxygen atoms in total. The monoisotopic (exact) mass is 352 g/mol. The van der Waals surface area contributed by atoms with Gasteiger partial charge in [0.05, 0.1) is 20.4 Å². The third kappa shape index (κ3) is 4.56. The number of nitrogens with one attached hydrogen (secondary N) is 2. The molecule has 0 atom stereocenters. The van der Waals surface area contributed by atoms with Crippen molar-refractivity contribution in [3.63, 3.8) is 0 Å². The maximum Gasteiger partial charge on any atom is 0.244 e. The van der Waals surface area contributed by atoms with E-state index in [9.17, 15) is 0 Å². The number of nitrogens with zero attached hydrogens (tertiary/aromatic N) is 4. The zero-order chi connectivity index (χ0) is 18.2. The van der Waals surface area contributed by atoms with Gasteiger partial charge in [0.15, 0.2) is 17.3 Å². The highest BCUT2D eigenvalue weighted by atomic mass is 16.5. The standard InChI is InChI=1S/C18H20N6O2/c1-25-15-4-3-14(9-16(15)26-2)11-20-17-12-22-24-18(23-17)21-10-13-5-7-19-8-6-13/h3-9,12H,10-11H2,1-2H3,(H2,20,21,23,24). The topological polar surface area (TPSA) is 94.1 Å². The lowest BCUT2D eigenvalue weighted by Crippen LogP contribution is -2.08. The van der Waals surface area contributed by atoms with E-state index in [1.807, 2.05) is 30.3 Å². The first-order chi connectivity index (χ1) is 12.8. The van der Waals surface area contributed by atoms with Crippen LogP contribution in [0.15, 0.2) is 48.9 Å². The van der Waals surface area contributed by atoms with Gasteiger partial charge in [-0.3, -0.25) is 4.98 Å². The van der Waals surface area contributed by atoms with Gasteiger partial charge in [0.2, 0.25) is 5.95 Å².